The average Bonchev–Trinajstić information content (AvgIpc) is 2.37. The molecule has 0 bridgehead atoms. The molecule has 2 aromatic rings. The summed E-state index contributed by atoms with van der Waals surface area (Å²) in [5.41, 5.74) is 4.27. The van der Waals surface area contributed by atoms with Crippen LogP contribution in [0.5, 0.6) is 0 Å². The Morgan fingerprint density at radius 1 is 0.800 bits per heavy atom. The topological polar surface area (TPSA) is 94.8 Å². The van der Waals surface area contributed by atoms with Gasteiger partial charge >= 0.3 is 7.82 Å². The fourth-order valence-corrected chi connectivity index (χ4v) is 2.17. The van der Waals surface area contributed by atoms with E-state index in [1.54, 1.807) is 0 Å². The molecule has 1 aliphatic rings. The van der Waals surface area contributed by atoms with Crippen molar-refractivity contribution in [3.8, 4) is 11.1 Å². The summed E-state index contributed by atoms with van der Waals surface area (Å²) in [6.45, 7) is 0. The van der Waals surface area contributed by atoms with Crippen LogP contribution in [0.25, 0.3) is 11.1 Å². The molecule has 1 aliphatic carbocycles. The maximum Gasteiger partial charge on any atom is 0.466 e. The number of phosphoric acid groups is 1. The number of hydrogen-bond acceptors (Lipinski definition) is 2. The van der Waals surface area contributed by atoms with E-state index in [4.69, 9.17) is 19.2 Å². The van der Waals surface area contributed by atoms with Crippen molar-refractivity contribution in [2.24, 2.45) is 0 Å². The zero-order chi connectivity index (χ0) is 14.8. The highest BCUT2D eigenvalue weighted by atomic mass is 31.2. The van der Waals surface area contributed by atoms with Gasteiger partial charge in [-0.2, -0.15) is 0 Å². The van der Waals surface area contributed by atoms with E-state index in [-0.39, 0.29) is 5.78 Å². The first kappa shape index (κ1) is 14.6. The van der Waals surface area contributed by atoms with Crippen LogP contribution in [-0.2, 0) is 11.0 Å². The summed E-state index contributed by atoms with van der Waals surface area (Å²) in [7, 11) is -4.64. The highest BCUT2D eigenvalue weighted by Gasteiger charge is 2.20. The van der Waals surface area contributed by atoms with Crippen molar-refractivity contribution in [3.05, 3.63) is 59.7 Å². The molecular weight excluding hydrogens is 279 g/mol. The maximum absolute atomic E-state index is 11.8. The van der Waals surface area contributed by atoms with Crippen LogP contribution in [0.15, 0.2) is 48.5 Å². The second-order valence-electron chi connectivity index (χ2n) is 4.32. The van der Waals surface area contributed by atoms with Crippen molar-refractivity contribution in [2.45, 2.75) is 6.42 Å². The summed E-state index contributed by atoms with van der Waals surface area (Å²) in [6, 6.07) is 16.0. The first-order chi connectivity index (χ1) is 9.36. The van der Waals surface area contributed by atoms with Crippen molar-refractivity contribution < 1.29 is 24.0 Å². The second kappa shape index (κ2) is 5.69. The SMILES string of the molecule is O=C1Cc2ccccc2-c2ccccc21.O=P(O)(O)O. The van der Waals surface area contributed by atoms with Crippen LogP contribution in [0.1, 0.15) is 15.9 Å². The number of Topliss-reactive ketones (excluding diaryl/α,β-unsaturated/α-hetero) is 1. The van der Waals surface area contributed by atoms with E-state index in [2.05, 4.69) is 6.07 Å². The standard InChI is InChI=1S/C14H10O.H3O4P/c15-14-9-10-5-1-2-6-11(10)12-7-3-4-8-13(12)14;1-5(2,3)4/h1-8H,9H2;(H3,1,2,3,4). The van der Waals surface area contributed by atoms with E-state index in [1.807, 2.05) is 42.5 Å². The van der Waals surface area contributed by atoms with Crippen molar-refractivity contribution in [3.63, 3.8) is 0 Å². The van der Waals surface area contributed by atoms with E-state index >= 15 is 0 Å². The molecule has 0 spiro atoms. The molecule has 0 fully saturated rings. The van der Waals surface area contributed by atoms with Gasteiger partial charge in [0.15, 0.2) is 5.78 Å². The van der Waals surface area contributed by atoms with Gasteiger partial charge in [-0.05, 0) is 16.7 Å². The third-order valence-corrected chi connectivity index (χ3v) is 2.89. The van der Waals surface area contributed by atoms with Crippen LogP contribution in [0.3, 0.4) is 0 Å². The fraction of sp³-hybridized carbons (Fsp3) is 0.0714. The molecule has 3 rings (SSSR count). The summed E-state index contributed by atoms with van der Waals surface area (Å²) < 4.78 is 8.88. The van der Waals surface area contributed by atoms with Crippen LogP contribution in [-0.4, -0.2) is 20.5 Å². The summed E-state index contributed by atoms with van der Waals surface area (Å²) in [6.07, 6.45) is 0.535. The number of fused-ring (bicyclic) bond motifs is 3. The lowest BCUT2D eigenvalue weighted by Gasteiger charge is -2.18. The minimum atomic E-state index is -4.64. The lowest BCUT2D eigenvalue weighted by atomic mass is 9.85. The highest BCUT2D eigenvalue weighted by Crippen LogP contribution is 2.32. The van der Waals surface area contributed by atoms with Gasteiger partial charge < -0.3 is 14.7 Å². The van der Waals surface area contributed by atoms with Crippen molar-refractivity contribution in [2.75, 3.05) is 0 Å². The van der Waals surface area contributed by atoms with Gasteiger partial charge in [0.1, 0.15) is 0 Å². The van der Waals surface area contributed by atoms with Gasteiger partial charge in [-0.25, -0.2) is 4.57 Å². The predicted molar refractivity (Wildman–Crippen MR) is 74.2 cm³/mol. The van der Waals surface area contributed by atoms with Gasteiger partial charge in [0, 0.05) is 12.0 Å². The Hall–Kier alpha value is -1.78. The first-order valence-electron chi connectivity index (χ1n) is 5.85. The smallest absolute Gasteiger partial charge is 0.303 e. The zero-order valence-corrected chi connectivity index (χ0v) is 11.3. The number of benzene rings is 2. The molecule has 0 saturated heterocycles. The summed E-state index contributed by atoms with van der Waals surface area (Å²) in [4.78, 5) is 33.4. The molecule has 0 saturated carbocycles. The number of carbonyl (C=O) groups is 1. The largest absolute Gasteiger partial charge is 0.466 e. The Morgan fingerprint density at radius 2 is 1.25 bits per heavy atom. The molecule has 104 valence electrons. The molecule has 5 nitrogen and oxygen atoms in total. The monoisotopic (exact) mass is 292 g/mol. The molecule has 0 unspecified atom stereocenters. The molecule has 0 heterocycles. The van der Waals surface area contributed by atoms with E-state index in [9.17, 15) is 4.79 Å². The third-order valence-electron chi connectivity index (χ3n) is 2.89. The molecule has 0 aliphatic heterocycles. The van der Waals surface area contributed by atoms with Crippen LogP contribution in [0, 0.1) is 0 Å². The van der Waals surface area contributed by atoms with Crippen molar-refractivity contribution in [1.29, 1.82) is 0 Å². The van der Waals surface area contributed by atoms with Crippen molar-refractivity contribution >= 4 is 13.6 Å². The molecule has 0 radical (unpaired) electrons. The summed E-state index contributed by atoms with van der Waals surface area (Å²) in [5.74, 6) is 0.226. The molecular formula is C14H13O5P. The predicted octanol–water partition coefficient (Wildman–Crippen LogP) is 2.16. The van der Waals surface area contributed by atoms with Crippen LogP contribution in [0.4, 0.5) is 0 Å². The Bertz CT molecular complexity index is 681. The minimum Gasteiger partial charge on any atom is -0.303 e. The van der Waals surface area contributed by atoms with Gasteiger partial charge in [-0.1, -0.05) is 48.5 Å². The summed E-state index contributed by atoms with van der Waals surface area (Å²) >= 11 is 0. The lowest BCUT2D eigenvalue weighted by Crippen LogP contribution is -2.11. The normalized spacial score (nSPS) is 12.8. The second-order valence-corrected chi connectivity index (χ2v) is 5.34. The van der Waals surface area contributed by atoms with E-state index in [1.165, 1.54) is 5.56 Å². The first-order valence-corrected chi connectivity index (χ1v) is 7.41. The van der Waals surface area contributed by atoms with Gasteiger partial charge in [0.05, 0.1) is 0 Å². The fourth-order valence-electron chi connectivity index (χ4n) is 2.17. The molecule has 0 amide bonds. The van der Waals surface area contributed by atoms with E-state index < -0.39 is 7.82 Å². The van der Waals surface area contributed by atoms with Crippen LogP contribution < -0.4 is 0 Å². The number of hydrogen-bond donors (Lipinski definition) is 3. The quantitative estimate of drug-likeness (QED) is 0.647. The molecule has 6 heteroatoms. The van der Waals surface area contributed by atoms with Gasteiger partial charge in [0.25, 0.3) is 0 Å². The molecule has 0 aromatic heterocycles. The molecule has 0 atom stereocenters. The van der Waals surface area contributed by atoms with Crippen molar-refractivity contribution in [1.82, 2.24) is 0 Å². The van der Waals surface area contributed by atoms with E-state index in [0.29, 0.717) is 6.42 Å². The van der Waals surface area contributed by atoms with Crippen LogP contribution in [0.2, 0.25) is 0 Å². The highest BCUT2D eigenvalue weighted by molar-refractivity contribution is 7.45. The Balaban J connectivity index is 0.000000257. The van der Waals surface area contributed by atoms with Crippen LogP contribution >= 0.6 is 7.82 Å². The van der Waals surface area contributed by atoms with Gasteiger partial charge in [-0.15, -0.1) is 0 Å². The Kier molecular flexibility index (Phi) is 4.16. The number of ketones is 1. The Labute approximate surface area is 115 Å². The molecule has 20 heavy (non-hydrogen) atoms. The lowest BCUT2D eigenvalue weighted by molar-refractivity contribution is 0.0992. The van der Waals surface area contributed by atoms with Gasteiger partial charge in [-0.3, -0.25) is 4.79 Å². The Morgan fingerprint density at radius 3 is 1.85 bits per heavy atom. The minimum absolute atomic E-state index is 0.226. The zero-order valence-electron chi connectivity index (χ0n) is 10.4. The van der Waals surface area contributed by atoms with Gasteiger partial charge in [0.2, 0.25) is 0 Å². The average molecular weight is 292 g/mol. The maximum atomic E-state index is 11.8. The van der Waals surface area contributed by atoms with E-state index in [0.717, 1.165) is 16.7 Å². The summed E-state index contributed by atoms with van der Waals surface area (Å²) in [5, 5.41) is 0. The molecule has 2 aromatic carbocycles. The third kappa shape index (κ3) is 3.62. The number of rotatable bonds is 0. The number of carbonyl (C=O) groups excluding carboxylic acids is 1. The molecule has 3 N–H and O–H groups in total.